The maximum atomic E-state index is 13.6. The number of carbonyl (C=O) groups is 2. The van der Waals surface area contributed by atoms with Crippen LogP contribution in [0.4, 0.5) is 18.9 Å². The van der Waals surface area contributed by atoms with Crippen molar-refractivity contribution in [2.24, 2.45) is 5.41 Å². The number of hydrogen-bond donors (Lipinski definition) is 2. The van der Waals surface area contributed by atoms with Crippen molar-refractivity contribution in [3.8, 4) is 0 Å². The van der Waals surface area contributed by atoms with Crippen LogP contribution in [0, 0.1) is 22.9 Å². The number of para-hydroxylation sites is 1. The number of nitrogens with one attached hydrogen (secondary N) is 2. The SMILES string of the molecule is CC(C)(C(=O)NCCc1ccc(F)cc1)C(=O)Nc1c(F)cccc1F. The van der Waals surface area contributed by atoms with Crippen LogP contribution < -0.4 is 10.6 Å². The molecule has 0 aliphatic carbocycles. The van der Waals surface area contributed by atoms with Crippen LogP contribution in [0.5, 0.6) is 0 Å². The van der Waals surface area contributed by atoms with Crippen molar-refractivity contribution in [2.45, 2.75) is 20.3 Å². The largest absolute Gasteiger partial charge is 0.355 e. The fraction of sp³-hybridized carbons (Fsp3) is 0.263. The number of halogens is 3. The van der Waals surface area contributed by atoms with Crippen LogP contribution in [0.2, 0.25) is 0 Å². The molecule has 0 saturated carbocycles. The van der Waals surface area contributed by atoms with Crippen molar-refractivity contribution in [3.05, 3.63) is 65.5 Å². The van der Waals surface area contributed by atoms with E-state index in [4.69, 9.17) is 0 Å². The third kappa shape index (κ3) is 4.62. The summed E-state index contributed by atoms with van der Waals surface area (Å²) in [6, 6.07) is 9.02. The Morgan fingerprint density at radius 1 is 0.923 bits per heavy atom. The molecule has 7 heteroatoms. The molecule has 2 N–H and O–H groups in total. The molecule has 0 unspecified atom stereocenters. The zero-order chi connectivity index (χ0) is 19.3. The van der Waals surface area contributed by atoms with Crippen LogP contribution in [0.3, 0.4) is 0 Å². The van der Waals surface area contributed by atoms with Gasteiger partial charge in [-0.25, -0.2) is 13.2 Å². The molecule has 2 rings (SSSR count). The Labute approximate surface area is 149 Å². The van der Waals surface area contributed by atoms with Crippen molar-refractivity contribution in [3.63, 3.8) is 0 Å². The van der Waals surface area contributed by atoms with E-state index >= 15 is 0 Å². The van der Waals surface area contributed by atoms with E-state index in [1.165, 1.54) is 32.0 Å². The molecule has 0 aliphatic rings. The first kappa shape index (κ1) is 19.5. The first-order valence-corrected chi connectivity index (χ1v) is 8.00. The van der Waals surface area contributed by atoms with Gasteiger partial charge in [0.15, 0.2) is 0 Å². The molecule has 0 radical (unpaired) electrons. The lowest BCUT2D eigenvalue weighted by atomic mass is 9.90. The third-order valence-corrected chi connectivity index (χ3v) is 3.95. The summed E-state index contributed by atoms with van der Waals surface area (Å²) in [6.45, 7) is 2.94. The average molecular weight is 364 g/mol. The molecule has 138 valence electrons. The molecular formula is C19H19F3N2O2. The molecule has 4 nitrogen and oxygen atoms in total. The third-order valence-electron chi connectivity index (χ3n) is 3.95. The molecule has 0 aromatic heterocycles. The molecule has 0 bridgehead atoms. The van der Waals surface area contributed by atoms with Gasteiger partial charge in [-0.05, 0) is 50.1 Å². The van der Waals surface area contributed by atoms with Crippen molar-refractivity contribution >= 4 is 17.5 Å². The van der Waals surface area contributed by atoms with Crippen LogP contribution in [0.1, 0.15) is 19.4 Å². The molecule has 0 heterocycles. The highest BCUT2D eigenvalue weighted by Gasteiger charge is 2.36. The zero-order valence-electron chi connectivity index (χ0n) is 14.4. The summed E-state index contributed by atoms with van der Waals surface area (Å²) in [5.74, 6) is -3.62. The number of anilines is 1. The number of benzene rings is 2. The minimum Gasteiger partial charge on any atom is -0.355 e. The standard InChI is InChI=1S/C19H19F3N2O2/c1-19(2,18(26)24-16-14(21)4-3-5-15(16)22)17(25)23-11-10-12-6-8-13(20)9-7-12/h3-9H,10-11H2,1-2H3,(H,23,25)(H,24,26). The van der Waals surface area contributed by atoms with E-state index in [2.05, 4.69) is 10.6 Å². The van der Waals surface area contributed by atoms with E-state index in [1.54, 1.807) is 12.1 Å². The summed E-state index contributed by atoms with van der Waals surface area (Å²) >= 11 is 0. The molecule has 2 aromatic rings. The van der Waals surface area contributed by atoms with Crippen molar-refractivity contribution in [1.29, 1.82) is 0 Å². The summed E-state index contributed by atoms with van der Waals surface area (Å²) < 4.78 is 40.1. The lowest BCUT2D eigenvalue weighted by molar-refractivity contribution is -0.138. The summed E-state index contributed by atoms with van der Waals surface area (Å²) in [4.78, 5) is 24.6. The minimum absolute atomic E-state index is 0.231. The molecule has 0 saturated heterocycles. The van der Waals surface area contributed by atoms with E-state index in [1.807, 2.05) is 0 Å². The maximum absolute atomic E-state index is 13.6. The van der Waals surface area contributed by atoms with Gasteiger partial charge in [0.05, 0.1) is 0 Å². The Hall–Kier alpha value is -2.83. The number of amides is 2. The Balaban J connectivity index is 1.95. The van der Waals surface area contributed by atoms with Crippen molar-refractivity contribution in [2.75, 3.05) is 11.9 Å². The van der Waals surface area contributed by atoms with Gasteiger partial charge in [-0.2, -0.15) is 0 Å². The van der Waals surface area contributed by atoms with Crippen LogP contribution in [0.15, 0.2) is 42.5 Å². The first-order valence-electron chi connectivity index (χ1n) is 8.00. The Morgan fingerprint density at radius 2 is 1.50 bits per heavy atom. The van der Waals surface area contributed by atoms with Gasteiger partial charge in [0.1, 0.15) is 28.6 Å². The van der Waals surface area contributed by atoms with Gasteiger partial charge in [0.25, 0.3) is 0 Å². The highest BCUT2D eigenvalue weighted by atomic mass is 19.1. The Morgan fingerprint density at radius 3 is 2.08 bits per heavy atom. The van der Waals surface area contributed by atoms with Crippen LogP contribution in [-0.2, 0) is 16.0 Å². The van der Waals surface area contributed by atoms with Crippen LogP contribution in [-0.4, -0.2) is 18.4 Å². The van der Waals surface area contributed by atoms with Crippen molar-refractivity contribution < 1.29 is 22.8 Å². The first-order chi connectivity index (χ1) is 12.2. The van der Waals surface area contributed by atoms with E-state index < -0.39 is 34.6 Å². The smallest absolute Gasteiger partial charge is 0.239 e. The summed E-state index contributed by atoms with van der Waals surface area (Å²) in [7, 11) is 0. The topological polar surface area (TPSA) is 58.2 Å². The summed E-state index contributed by atoms with van der Waals surface area (Å²) in [5.41, 5.74) is -1.32. The average Bonchev–Trinajstić information content (AvgIpc) is 2.59. The molecule has 0 spiro atoms. The molecular weight excluding hydrogens is 345 g/mol. The summed E-state index contributed by atoms with van der Waals surface area (Å²) in [6.07, 6.45) is 0.450. The van der Waals surface area contributed by atoms with Gasteiger partial charge < -0.3 is 10.6 Å². The van der Waals surface area contributed by atoms with Gasteiger partial charge >= 0.3 is 0 Å². The maximum Gasteiger partial charge on any atom is 0.239 e. The lowest BCUT2D eigenvalue weighted by Gasteiger charge is -2.23. The second-order valence-corrected chi connectivity index (χ2v) is 6.31. The normalized spacial score (nSPS) is 11.1. The number of hydrogen-bond acceptors (Lipinski definition) is 2. The highest BCUT2D eigenvalue weighted by molar-refractivity contribution is 6.09. The Bertz CT molecular complexity index is 785. The quantitative estimate of drug-likeness (QED) is 0.772. The zero-order valence-corrected chi connectivity index (χ0v) is 14.4. The molecule has 0 aliphatic heterocycles. The Kier molecular flexibility index (Phi) is 6.02. The van der Waals surface area contributed by atoms with Crippen molar-refractivity contribution in [1.82, 2.24) is 5.32 Å². The summed E-state index contributed by atoms with van der Waals surface area (Å²) in [5, 5.41) is 4.72. The predicted octanol–water partition coefficient (Wildman–Crippen LogP) is 3.43. The second-order valence-electron chi connectivity index (χ2n) is 6.31. The lowest BCUT2D eigenvalue weighted by Crippen LogP contribution is -2.45. The molecule has 2 aromatic carbocycles. The highest BCUT2D eigenvalue weighted by Crippen LogP contribution is 2.23. The van der Waals surface area contributed by atoms with Gasteiger partial charge in [0.2, 0.25) is 11.8 Å². The fourth-order valence-corrected chi connectivity index (χ4v) is 2.18. The molecule has 0 fully saturated rings. The van der Waals surface area contributed by atoms with E-state index in [9.17, 15) is 22.8 Å². The van der Waals surface area contributed by atoms with Gasteiger partial charge in [0, 0.05) is 6.54 Å². The van der Waals surface area contributed by atoms with E-state index in [0.717, 1.165) is 17.7 Å². The van der Waals surface area contributed by atoms with Gasteiger partial charge in [-0.1, -0.05) is 18.2 Å². The van der Waals surface area contributed by atoms with Crippen LogP contribution >= 0.6 is 0 Å². The molecule has 2 amide bonds. The van der Waals surface area contributed by atoms with E-state index in [-0.39, 0.29) is 12.4 Å². The fourth-order valence-electron chi connectivity index (χ4n) is 2.18. The number of rotatable bonds is 6. The number of carbonyl (C=O) groups excluding carboxylic acids is 2. The second kappa shape index (κ2) is 8.03. The monoisotopic (exact) mass is 364 g/mol. The molecule has 0 atom stereocenters. The van der Waals surface area contributed by atoms with Gasteiger partial charge in [-0.3, -0.25) is 9.59 Å². The molecule has 26 heavy (non-hydrogen) atoms. The van der Waals surface area contributed by atoms with E-state index in [0.29, 0.717) is 6.42 Å². The predicted molar refractivity (Wildman–Crippen MR) is 91.9 cm³/mol. The van der Waals surface area contributed by atoms with Gasteiger partial charge in [-0.15, -0.1) is 0 Å². The van der Waals surface area contributed by atoms with Crippen LogP contribution in [0.25, 0.3) is 0 Å². The minimum atomic E-state index is -1.54.